The third-order valence-corrected chi connectivity index (χ3v) is 0.991. The van der Waals surface area contributed by atoms with Gasteiger partial charge in [-0.05, 0) is 13.8 Å². The largest absolute Gasteiger partial charge is 0.393 e. The third kappa shape index (κ3) is 4.39. The molecule has 3 N–H and O–H groups in total. The lowest BCUT2D eigenvalue weighted by Gasteiger charge is -2.21. The van der Waals surface area contributed by atoms with Gasteiger partial charge in [-0.2, -0.15) is 0 Å². The molecule has 0 aliphatic heterocycles. The average molecular weight is 133 g/mol. The maximum Gasteiger partial charge on any atom is 0.0856 e. The van der Waals surface area contributed by atoms with Gasteiger partial charge in [0.1, 0.15) is 0 Å². The van der Waals surface area contributed by atoms with Crippen LogP contribution in [0.4, 0.5) is 0 Å². The summed E-state index contributed by atoms with van der Waals surface area (Å²) in [6.07, 6.45) is 0. The van der Waals surface area contributed by atoms with Crippen LogP contribution in [-0.4, -0.2) is 30.5 Å². The molecule has 0 radical (unpaired) electrons. The highest BCUT2D eigenvalue weighted by atomic mass is 16.5. The SMILES string of the molecule is CC(C)(CO)OCCN. The minimum atomic E-state index is -0.431. The number of hydrogen-bond donors (Lipinski definition) is 2. The molecule has 0 amide bonds. The van der Waals surface area contributed by atoms with Crippen LogP contribution in [0.2, 0.25) is 0 Å². The van der Waals surface area contributed by atoms with Crippen molar-refractivity contribution in [3.8, 4) is 0 Å². The van der Waals surface area contributed by atoms with Crippen molar-refractivity contribution in [3.05, 3.63) is 0 Å². The second kappa shape index (κ2) is 3.82. The standard InChI is InChI=1S/C6H15NO2/c1-6(2,5-8)9-4-3-7/h8H,3-5,7H2,1-2H3. The van der Waals surface area contributed by atoms with Crippen LogP contribution in [-0.2, 0) is 4.74 Å². The minimum Gasteiger partial charge on any atom is -0.393 e. The van der Waals surface area contributed by atoms with Gasteiger partial charge in [-0.3, -0.25) is 0 Å². The predicted molar refractivity (Wildman–Crippen MR) is 36.2 cm³/mol. The summed E-state index contributed by atoms with van der Waals surface area (Å²) >= 11 is 0. The van der Waals surface area contributed by atoms with E-state index in [9.17, 15) is 0 Å². The van der Waals surface area contributed by atoms with Crippen molar-refractivity contribution in [2.75, 3.05) is 19.8 Å². The van der Waals surface area contributed by atoms with Crippen LogP contribution < -0.4 is 5.73 Å². The summed E-state index contributed by atoms with van der Waals surface area (Å²) in [6, 6.07) is 0. The monoisotopic (exact) mass is 133 g/mol. The molecule has 0 aromatic heterocycles. The van der Waals surface area contributed by atoms with Gasteiger partial charge in [-0.15, -0.1) is 0 Å². The molecular weight excluding hydrogens is 118 g/mol. The Hall–Kier alpha value is -0.120. The van der Waals surface area contributed by atoms with Crippen molar-refractivity contribution in [3.63, 3.8) is 0 Å². The van der Waals surface area contributed by atoms with E-state index in [1.165, 1.54) is 0 Å². The van der Waals surface area contributed by atoms with Gasteiger partial charge in [-0.25, -0.2) is 0 Å². The molecule has 0 atom stereocenters. The van der Waals surface area contributed by atoms with Crippen LogP contribution in [0.15, 0.2) is 0 Å². The van der Waals surface area contributed by atoms with Crippen molar-refractivity contribution < 1.29 is 9.84 Å². The van der Waals surface area contributed by atoms with E-state index >= 15 is 0 Å². The molecule has 0 rings (SSSR count). The average Bonchev–Trinajstić information content (AvgIpc) is 1.84. The van der Waals surface area contributed by atoms with Crippen molar-refractivity contribution in [2.45, 2.75) is 19.4 Å². The predicted octanol–water partition coefficient (Wildman–Crippen LogP) is -0.267. The van der Waals surface area contributed by atoms with Crippen molar-refractivity contribution in [1.29, 1.82) is 0 Å². The maximum absolute atomic E-state index is 8.65. The molecule has 9 heavy (non-hydrogen) atoms. The summed E-state index contributed by atoms with van der Waals surface area (Å²) in [7, 11) is 0. The molecule has 0 bridgehead atoms. The first-order chi connectivity index (χ1) is 4.12. The lowest BCUT2D eigenvalue weighted by molar-refractivity contribution is -0.0499. The summed E-state index contributed by atoms with van der Waals surface area (Å²) in [4.78, 5) is 0. The Balaban J connectivity index is 3.33. The van der Waals surface area contributed by atoms with E-state index in [1.807, 2.05) is 13.8 Å². The molecule has 3 nitrogen and oxygen atoms in total. The van der Waals surface area contributed by atoms with Gasteiger partial charge in [0.2, 0.25) is 0 Å². The minimum absolute atomic E-state index is 0.0347. The van der Waals surface area contributed by atoms with Crippen molar-refractivity contribution in [2.24, 2.45) is 5.73 Å². The number of hydrogen-bond acceptors (Lipinski definition) is 3. The number of ether oxygens (including phenoxy) is 1. The van der Waals surface area contributed by atoms with E-state index in [-0.39, 0.29) is 6.61 Å². The molecule has 0 aromatic rings. The highest BCUT2D eigenvalue weighted by molar-refractivity contribution is 4.65. The van der Waals surface area contributed by atoms with Gasteiger partial charge >= 0.3 is 0 Å². The van der Waals surface area contributed by atoms with E-state index in [0.29, 0.717) is 13.2 Å². The molecular formula is C6H15NO2. The van der Waals surface area contributed by atoms with Crippen molar-refractivity contribution >= 4 is 0 Å². The number of nitrogens with two attached hydrogens (primary N) is 1. The fourth-order valence-electron chi connectivity index (χ4n) is 0.381. The summed E-state index contributed by atoms with van der Waals surface area (Å²) in [6.45, 7) is 4.69. The van der Waals surface area contributed by atoms with Crippen molar-refractivity contribution in [1.82, 2.24) is 0 Å². The number of aliphatic hydroxyl groups excluding tert-OH is 1. The Bertz CT molecular complexity index is 73.5. The molecule has 56 valence electrons. The quantitative estimate of drug-likeness (QED) is 0.555. The van der Waals surface area contributed by atoms with E-state index in [2.05, 4.69) is 0 Å². The van der Waals surface area contributed by atoms with E-state index in [0.717, 1.165) is 0 Å². The second-order valence-electron chi connectivity index (χ2n) is 2.55. The summed E-state index contributed by atoms with van der Waals surface area (Å²) in [5.74, 6) is 0. The lowest BCUT2D eigenvalue weighted by atomic mass is 10.1. The molecule has 0 fully saturated rings. The maximum atomic E-state index is 8.65. The summed E-state index contributed by atoms with van der Waals surface area (Å²) in [5, 5.41) is 8.65. The van der Waals surface area contributed by atoms with Gasteiger partial charge in [0.05, 0.1) is 18.8 Å². The van der Waals surface area contributed by atoms with Gasteiger partial charge in [0, 0.05) is 6.54 Å². The van der Waals surface area contributed by atoms with Crippen LogP contribution in [0.25, 0.3) is 0 Å². The number of aliphatic hydroxyl groups is 1. The first-order valence-electron chi connectivity index (χ1n) is 3.07. The van der Waals surface area contributed by atoms with Gasteiger partial charge in [0.25, 0.3) is 0 Å². The molecule has 0 unspecified atom stereocenters. The summed E-state index contributed by atoms with van der Waals surface area (Å²) < 4.78 is 5.15. The van der Waals surface area contributed by atoms with Crippen LogP contribution in [0.1, 0.15) is 13.8 Å². The third-order valence-electron chi connectivity index (χ3n) is 0.991. The smallest absolute Gasteiger partial charge is 0.0856 e. The fourth-order valence-corrected chi connectivity index (χ4v) is 0.381. The van der Waals surface area contributed by atoms with Crippen LogP contribution in [0, 0.1) is 0 Å². The molecule has 3 heteroatoms. The van der Waals surface area contributed by atoms with E-state index < -0.39 is 5.60 Å². The Labute approximate surface area is 55.8 Å². The second-order valence-corrected chi connectivity index (χ2v) is 2.55. The molecule has 0 saturated heterocycles. The lowest BCUT2D eigenvalue weighted by Crippen LogP contribution is -2.31. The van der Waals surface area contributed by atoms with Crippen LogP contribution >= 0.6 is 0 Å². The zero-order valence-electron chi connectivity index (χ0n) is 6.05. The Morgan fingerprint density at radius 3 is 2.44 bits per heavy atom. The van der Waals surface area contributed by atoms with Crippen LogP contribution in [0.5, 0.6) is 0 Å². The van der Waals surface area contributed by atoms with E-state index in [4.69, 9.17) is 15.6 Å². The normalized spacial score (nSPS) is 12.0. The van der Waals surface area contributed by atoms with Gasteiger partial charge in [-0.1, -0.05) is 0 Å². The Morgan fingerprint density at radius 2 is 2.11 bits per heavy atom. The topological polar surface area (TPSA) is 55.5 Å². The first kappa shape index (κ1) is 8.88. The molecule has 0 aliphatic rings. The highest BCUT2D eigenvalue weighted by Crippen LogP contribution is 2.05. The van der Waals surface area contributed by atoms with Crippen LogP contribution in [0.3, 0.4) is 0 Å². The molecule has 0 spiro atoms. The van der Waals surface area contributed by atoms with Gasteiger partial charge < -0.3 is 15.6 Å². The molecule has 0 aromatic carbocycles. The molecule has 0 aliphatic carbocycles. The Morgan fingerprint density at radius 1 is 1.56 bits per heavy atom. The zero-order chi connectivity index (χ0) is 7.33. The highest BCUT2D eigenvalue weighted by Gasteiger charge is 2.15. The zero-order valence-corrected chi connectivity index (χ0v) is 6.05. The fraction of sp³-hybridized carbons (Fsp3) is 1.00. The molecule has 0 saturated carbocycles. The van der Waals surface area contributed by atoms with E-state index in [1.54, 1.807) is 0 Å². The number of rotatable bonds is 4. The van der Waals surface area contributed by atoms with Gasteiger partial charge in [0.15, 0.2) is 0 Å². The first-order valence-corrected chi connectivity index (χ1v) is 3.07. The summed E-state index contributed by atoms with van der Waals surface area (Å²) in [5.41, 5.74) is 4.75. The Kier molecular flexibility index (Phi) is 3.77. The molecule has 0 heterocycles.